The average Bonchev–Trinajstić information content (AvgIpc) is 2.91. The molecular weight excluding hydrogens is 464 g/mol. The highest BCUT2D eigenvalue weighted by molar-refractivity contribution is 6.60. The zero-order valence-corrected chi connectivity index (χ0v) is 24.5. The Bertz CT molecular complexity index is 617. The zero-order valence-electron chi connectivity index (χ0n) is 22.5. The maximum Gasteiger partial charge on any atom is 0.500 e. The number of hydrogen-bond acceptors (Lipinski definition) is 6. The molecule has 0 fully saturated rings. The summed E-state index contributed by atoms with van der Waals surface area (Å²) in [7, 11) is 5.37. The molecule has 0 bridgehead atoms. The number of hydrogen-bond donors (Lipinski definition) is 0. The summed E-state index contributed by atoms with van der Waals surface area (Å²) in [5, 5.41) is 0. The summed E-state index contributed by atoms with van der Waals surface area (Å²) < 4.78 is 31.0. The van der Waals surface area contributed by atoms with Crippen LogP contribution in [-0.2, 0) is 39.4 Å². The highest BCUT2D eigenvalue weighted by Gasteiger charge is 2.36. The highest BCUT2D eigenvalue weighted by Crippen LogP contribution is 2.14. The second-order valence-corrected chi connectivity index (χ2v) is 13.7. The Morgan fingerprint density at radius 2 is 0.735 bits per heavy atom. The van der Waals surface area contributed by atoms with Crippen molar-refractivity contribution >= 4 is 17.6 Å². The molecular formula is C26H46O6Si2. The molecule has 2 aromatic carbocycles. The second kappa shape index (κ2) is 19.9. The average molecular weight is 511 g/mol. The van der Waals surface area contributed by atoms with Gasteiger partial charge in [-0.15, -0.1) is 0 Å². The molecule has 0 aliphatic heterocycles. The van der Waals surface area contributed by atoms with E-state index in [1.54, 1.807) is 42.7 Å². The van der Waals surface area contributed by atoms with Gasteiger partial charge in [0.25, 0.3) is 0 Å². The van der Waals surface area contributed by atoms with Gasteiger partial charge in [0.15, 0.2) is 0 Å². The van der Waals surface area contributed by atoms with Crippen molar-refractivity contribution in [1.82, 2.24) is 0 Å². The lowest BCUT2D eigenvalue weighted by Gasteiger charge is -2.23. The quantitative estimate of drug-likeness (QED) is 0.307. The van der Waals surface area contributed by atoms with Crippen LogP contribution in [0.15, 0.2) is 60.7 Å². The SMILES string of the molecule is CCC[Si](OC)(OC)OC.CCC[Si](OC)(OC)OC.c1ccc(CCc2ccccc2)cc1. The van der Waals surface area contributed by atoms with E-state index >= 15 is 0 Å². The van der Waals surface area contributed by atoms with Crippen LogP contribution in [0.2, 0.25) is 12.1 Å². The van der Waals surface area contributed by atoms with Crippen molar-refractivity contribution in [2.75, 3.05) is 42.7 Å². The van der Waals surface area contributed by atoms with Crippen LogP contribution in [0.4, 0.5) is 0 Å². The van der Waals surface area contributed by atoms with Crippen LogP contribution >= 0.6 is 0 Å². The topological polar surface area (TPSA) is 55.4 Å². The maximum absolute atomic E-state index is 5.17. The van der Waals surface area contributed by atoms with Crippen LogP contribution in [0.5, 0.6) is 0 Å². The van der Waals surface area contributed by atoms with Gasteiger partial charge in [-0.2, -0.15) is 0 Å². The van der Waals surface area contributed by atoms with E-state index in [2.05, 4.69) is 74.5 Å². The number of aryl methyl sites for hydroxylation is 2. The molecule has 0 N–H and O–H groups in total. The van der Waals surface area contributed by atoms with Crippen molar-refractivity contribution in [1.29, 1.82) is 0 Å². The Morgan fingerprint density at radius 3 is 0.912 bits per heavy atom. The lowest BCUT2D eigenvalue weighted by molar-refractivity contribution is 0.123. The predicted molar refractivity (Wildman–Crippen MR) is 144 cm³/mol. The second-order valence-electron chi connectivity index (χ2n) is 7.56. The van der Waals surface area contributed by atoms with Crippen molar-refractivity contribution in [2.45, 2.75) is 51.6 Å². The summed E-state index contributed by atoms with van der Waals surface area (Å²) in [6.45, 7) is 4.16. The molecule has 0 amide bonds. The third-order valence-electron chi connectivity index (χ3n) is 5.37. The van der Waals surface area contributed by atoms with Crippen molar-refractivity contribution in [2.24, 2.45) is 0 Å². The Hall–Kier alpha value is -1.37. The van der Waals surface area contributed by atoms with Gasteiger partial charge in [-0.1, -0.05) is 87.4 Å². The lowest BCUT2D eigenvalue weighted by atomic mass is 10.0. The Labute approximate surface area is 210 Å². The first kappa shape index (κ1) is 32.6. The first-order chi connectivity index (χ1) is 16.4. The fourth-order valence-corrected chi connectivity index (χ4v) is 6.75. The highest BCUT2D eigenvalue weighted by atomic mass is 28.4. The molecule has 0 aromatic heterocycles. The van der Waals surface area contributed by atoms with E-state index in [9.17, 15) is 0 Å². The largest absolute Gasteiger partial charge is 0.500 e. The third-order valence-corrected chi connectivity index (χ3v) is 11.3. The van der Waals surface area contributed by atoms with Gasteiger partial charge in [-0.05, 0) is 24.0 Å². The first-order valence-corrected chi connectivity index (χ1v) is 15.7. The monoisotopic (exact) mass is 510 g/mol. The summed E-state index contributed by atoms with van der Waals surface area (Å²) in [6.07, 6.45) is 4.32. The molecule has 0 heterocycles. The molecule has 0 saturated carbocycles. The molecule has 0 aliphatic rings. The van der Waals surface area contributed by atoms with E-state index in [0.29, 0.717) is 0 Å². The first-order valence-electron chi connectivity index (χ1n) is 11.8. The maximum atomic E-state index is 5.17. The number of benzene rings is 2. The van der Waals surface area contributed by atoms with Crippen LogP contribution < -0.4 is 0 Å². The van der Waals surface area contributed by atoms with E-state index in [1.807, 2.05) is 0 Å². The Kier molecular flexibility index (Phi) is 19.1. The lowest BCUT2D eigenvalue weighted by Crippen LogP contribution is -2.42. The summed E-state index contributed by atoms with van der Waals surface area (Å²) in [5.41, 5.74) is 2.83. The molecule has 2 rings (SSSR count). The summed E-state index contributed by atoms with van der Waals surface area (Å²) >= 11 is 0. The molecule has 6 nitrogen and oxygen atoms in total. The van der Waals surface area contributed by atoms with Gasteiger partial charge in [0, 0.05) is 54.7 Å². The van der Waals surface area contributed by atoms with Crippen molar-refractivity contribution in [3.05, 3.63) is 71.8 Å². The fourth-order valence-electron chi connectivity index (χ4n) is 3.30. The Morgan fingerprint density at radius 1 is 0.471 bits per heavy atom. The molecule has 8 heteroatoms. The Balaban J connectivity index is 0.000000495. The van der Waals surface area contributed by atoms with E-state index in [1.165, 1.54) is 11.1 Å². The zero-order chi connectivity index (χ0) is 25.7. The van der Waals surface area contributed by atoms with Crippen LogP contribution in [0.3, 0.4) is 0 Å². The minimum atomic E-state index is -2.22. The van der Waals surface area contributed by atoms with Crippen LogP contribution in [0.25, 0.3) is 0 Å². The van der Waals surface area contributed by atoms with E-state index in [-0.39, 0.29) is 0 Å². The third kappa shape index (κ3) is 12.9. The molecule has 0 radical (unpaired) electrons. The summed E-state index contributed by atoms with van der Waals surface area (Å²) in [5.74, 6) is 0. The fraction of sp³-hybridized carbons (Fsp3) is 0.538. The van der Waals surface area contributed by atoms with Gasteiger partial charge in [0.2, 0.25) is 0 Å². The minimum Gasteiger partial charge on any atom is -0.377 e. The predicted octanol–water partition coefficient (Wildman–Crippen LogP) is 6.02. The van der Waals surface area contributed by atoms with Crippen LogP contribution in [-0.4, -0.2) is 60.3 Å². The minimum absolute atomic E-state index is 0.885. The molecule has 34 heavy (non-hydrogen) atoms. The van der Waals surface area contributed by atoms with E-state index in [0.717, 1.165) is 37.8 Å². The summed E-state index contributed by atoms with van der Waals surface area (Å²) in [6, 6.07) is 23.0. The summed E-state index contributed by atoms with van der Waals surface area (Å²) in [4.78, 5) is 0. The smallest absolute Gasteiger partial charge is 0.377 e. The van der Waals surface area contributed by atoms with Crippen molar-refractivity contribution in [3.63, 3.8) is 0 Å². The van der Waals surface area contributed by atoms with Gasteiger partial charge >= 0.3 is 17.6 Å². The van der Waals surface area contributed by atoms with Gasteiger partial charge in [-0.25, -0.2) is 0 Å². The number of rotatable bonds is 13. The van der Waals surface area contributed by atoms with E-state index in [4.69, 9.17) is 26.6 Å². The molecule has 2 aromatic rings. The molecule has 0 saturated heterocycles. The molecule has 0 aliphatic carbocycles. The van der Waals surface area contributed by atoms with E-state index < -0.39 is 17.6 Å². The van der Waals surface area contributed by atoms with Gasteiger partial charge in [0.1, 0.15) is 0 Å². The normalized spacial score (nSPS) is 11.2. The molecule has 194 valence electrons. The van der Waals surface area contributed by atoms with Crippen LogP contribution in [0, 0.1) is 0 Å². The molecule has 0 spiro atoms. The van der Waals surface area contributed by atoms with Crippen molar-refractivity contribution in [3.8, 4) is 0 Å². The van der Waals surface area contributed by atoms with Crippen LogP contribution in [0.1, 0.15) is 37.8 Å². The standard InChI is InChI=1S/C14H14.2C6H16O3Si/c1-3-7-13(8-4-1)11-12-14-9-5-2-6-10-14;2*1-5-6-10(7-2,8-3)9-4/h1-10H,11-12H2;2*5-6H2,1-4H3. The van der Waals surface area contributed by atoms with Gasteiger partial charge in [0.05, 0.1) is 0 Å². The van der Waals surface area contributed by atoms with Gasteiger partial charge in [-0.3, -0.25) is 0 Å². The molecule has 0 unspecified atom stereocenters. The van der Waals surface area contributed by atoms with Crippen molar-refractivity contribution < 1.29 is 26.6 Å². The molecule has 0 atom stereocenters. The van der Waals surface area contributed by atoms with Gasteiger partial charge < -0.3 is 26.6 Å².